The normalized spacial score (nSPS) is 13.4. The molecular weight excluding hydrogens is 952 g/mol. The second-order valence-corrected chi connectivity index (χ2v) is 22.7. The molecule has 0 saturated carbocycles. The maximum Gasteiger partial charge on any atom is 0.472 e. The van der Waals surface area contributed by atoms with Crippen LogP contribution in [0.5, 0.6) is 0 Å². The van der Waals surface area contributed by atoms with Crippen LogP contribution in [0.2, 0.25) is 0 Å². The maximum absolute atomic E-state index is 12.9. The molecule has 11 nitrogen and oxygen atoms in total. The van der Waals surface area contributed by atoms with Crippen LogP contribution in [0, 0.1) is 0 Å². The van der Waals surface area contributed by atoms with Gasteiger partial charge in [-0.15, -0.1) is 0 Å². The van der Waals surface area contributed by atoms with Crippen molar-refractivity contribution in [2.75, 3.05) is 26.4 Å². The number of phosphoric ester groups is 1. The first-order valence-electron chi connectivity index (χ1n) is 31.2. The Morgan fingerprint density at radius 3 is 0.932 bits per heavy atom. The molecule has 0 spiro atoms. The van der Waals surface area contributed by atoms with Gasteiger partial charge in [0.15, 0.2) is 6.10 Å². The molecule has 74 heavy (non-hydrogen) atoms. The fraction of sp³-hybridized carbons (Fsp3) is 0.887. The lowest BCUT2D eigenvalue weighted by Crippen LogP contribution is -2.30. The van der Waals surface area contributed by atoms with E-state index < -0.39 is 57.8 Å². The molecule has 0 aromatic carbocycles. The number of carbonyl (C=O) groups is 3. The first-order chi connectivity index (χ1) is 36.2. The van der Waals surface area contributed by atoms with Gasteiger partial charge in [0.05, 0.1) is 19.8 Å². The fourth-order valence-electron chi connectivity index (χ4n) is 9.05. The molecule has 2 N–H and O–H groups in total. The van der Waals surface area contributed by atoms with Crippen molar-refractivity contribution in [3.8, 4) is 0 Å². The van der Waals surface area contributed by atoms with Gasteiger partial charge in [0.1, 0.15) is 12.7 Å². The van der Waals surface area contributed by atoms with Crippen molar-refractivity contribution in [3.05, 3.63) is 24.3 Å². The van der Waals surface area contributed by atoms with Gasteiger partial charge >= 0.3 is 25.7 Å². The van der Waals surface area contributed by atoms with E-state index in [1.165, 1.54) is 173 Å². The second kappa shape index (κ2) is 57.1. The first-order valence-corrected chi connectivity index (χ1v) is 32.7. The molecule has 0 bridgehead atoms. The molecule has 0 saturated heterocycles. The minimum Gasteiger partial charge on any atom is -0.462 e. The summed E-state index contributed by atoms with van der Waals surface area (Å²) < 4.78 is 39.6. The number of ether oxygens (including phenoxy) is 3. The predicted octanol–water partition coefficient (Wildman–Crippen LogP) is 18.6. The Morgan fingerprint density at radius 2 is 0.622 bits per heavy atom. The van der Waals surface area contributed by atoms with Gasteiger partial charge < -0.3 is 24.2 Å². The van der Waals surface area contributed by atoms with Crippen molar-refractivity contribution in [3.63, 3.8) is 0 Å². The minimum absolute atomic E-state index is 0.167. The van der Waals surface area contributed by atoms with Gasteiger partial charge in [0.25, 0.3) is 0 Å². The lowest BCUT2D eigenvalue weighted by Gasteiger charge is -2.21. The van der Waals surface area contributed by atoms with Gasteiger partial charge in [-0.05, 0) is 70.6 Å². The molecule has 0 radical (unpaired) electrons. The van der Waals surface area contributed by atoms with Crippen LogP contribution >= 0.6 is 7.82 Å². The van der Waals surface area contributed by atoms with Crippen molar-refractivity contribution in [2.45, 2.75) is 328 Å². The monoisotopic (exact) mass is 1070 g/mol. The standard InChI is InChI=1S/C62H117O11P/c1-4-7-10-13-16-19-22-25-28-29-32-35-38-41-44-47-50-53-62(66)73-59(55-69-60(64)51-48-45-42-39-36-33-30-26-23-20-17-14-11-8-5-2)57-71-74(67,68)70-56-58(54-63)72-61(65)52-49-46-43-40-37-34-31-27-24-21-18-15-12-9-6-3/h25,27-28,31,58-59,63H,4-24,26,29-30,32-57H2,1-3H3,(H,67,68)/b28-25-,31-27-. The van der Waals surface area contributed by atoms with Crippen molar-refractivity contribution in [2.24, 2.45) is 0 Å². The smallest absolute Gasteiger partial charge is 0.462 e. The Kier molecular flexibility index (Phi) is 55.6. The second-order valence-electron chi connectivity index (χ2n) is 21.2. The van der Waals surface area contributed by atoms with Crippen LogP contribution < -0.4 is 0 Å². The largest absolute Gasteiger partial charge is 0.472 e. The molecule has 3 atom stereocenters. The summed E-state index contributed by atoms with van der Waals surface area (Å²) in [5.41, 5.74) is 0. The van der Waals surface area contributed by atoms with Crippen LogP contribution in [0.3, 0.4) is 0 Å². The third-order valence-corrected chi connectivity index (χ3v) is 14.8. The summed E-state index contributed by atoms with van der Waals surface area (Å²) >= 11 is 0. The van der Waals surface area contributed by atoms with Crippen LogP contribution in [0.1, 0.15) is 316 Å². The Hall–Kier alpha value is -2.04. The third-order valence-electron chi connectivity index (χ3n) is 13.8. The molecule has 0 heterocycles. The van der Waals surface area contributed by atoms with E-state index in [-0.39, 0.29) is 25.9 Å². The number of rotatable bonds is 59. The number of unbranched alkanes of at least 4 members (excludes halogenated alkanes) is 38. The van der Waals surface area contributed by atoms with E-state index in [0.717, 1.165) is 83.5 Å². The summed E-state index contributed by atoms with van der Waals surface area (Å²) in [5, 5.41) is 9.83. The number of carbonyl (C=O) groups excluding carboxylic acids is 3. The minimum atomic E-state index is -4.75. The highest BCUT2D eigenvalue weighted by Gasteiger charge is 2.28. The van der Waals surface area contributed by atoms with E-state index in [2.05, 4.69) is 45.1 Å². The van der Waals surface area contributed by atoms with Gasteiger partial charge in [-0.3, -0.25) is 23.4 Å². The number of phosphoric acid groups is 1. The number of aliphatic hydroxyl groups is 1. The van der Waals surface area contributed by atoms with E-state index in [9.17, 15) is 28.9 Å². The average molecular weight is 1070 g/mol. The van der Waals surface area contributed by atoms with Gasteiger partial charge in [0.2, 0.25) is 0 Å². The lowest BCUT2D eigenvalue weighted by molar-refractivity contribution is -0.161. The molecule has 0 fully saturated rings. The molecule has 0 aliphatic carbocycles. The van der Waals surface area contributed by atoms with Gasteiger partial charge in [-0.1, -0.05) is 251 Å². The SMILES string of the molecule is CCCCCCCC/C=C\CCCCCCCCCC(=O)OC(COC(=O)CCCCCCCCCCCCCCCCC)COP(=O)(O)OCC(CO)OC(=O)CCCCCCC/C=C\CCCCCCCC. The number of allylic oxidation sites excluding steroid dienone is 4. The summed E-state index contributed by atoms with van der Waals surface area (Å²) in [5.74, 6) is -1.45. The zero-order chi connectivity index (χ0) is 54.1. The predicted molar refractivity (Wildman–Crippen MR) is 307 cm³/mol. The van der Waals surface area contributed by atoms with Crippen LogP contribution in [0.15, 0.2) is 24.3 Å². The van der Waals surface area contributed by atoms with Crippen molar-refractivity contribution in [1.82, 2.24) is 0 Å². The third kappa shape index (κ3) is 54.7. The summed E-state index contributed by atoms with van der Waals surface area (Å²) in [6.07, 6.45) is 58.4. The van der Waals surface area contributed by atoms with Crippen molar-refractivity contribution >= 4 is 25.7 Å². The molecule has 12 heteroatoms. The zero-order valence-electron chi connectivity index (χ0n) is 48.3. The van der Waals surface area contributed by atoms with Crippen molar-refractivity contribution in [1.29, 1.82) is 0 Å². The summed E-state index contributed by atoms with van der Waals surface area (Å²) in [7, 11) is -4.75. The van der Waals surface area contributed by atoms with Gasteiger partial charge in [-0.2, -0.15) is 0 Å². The molecule has 0 aromatic rings. The molecule has 3 unspecified atom stereocenters. The molecule has 436 valence electrons. The summed E-state index contributed by atoms with van der Waals surface area (Å²) in [6.45, 7) is 4.69. The highest BCUT2D eigenvalue weighted by atomic mass is 31.2. The molecule has 0 aliphatic heterocycles. The first kappa shape index (κ1) is 72.0. The van der Waals surface area contributed by atoms with Gasteiger partial charge in [0, 0.05) is 19.3 Å². The van der Waals surface area contributed by atoms with E-state index in [1.54, 1.807) is 0 Å². The Morgan fingerprint density at radius 1 is 0.365 bits per heavy atom. The summed E-state index contributed by atoms with van der Waals surface area (Å²) in [6, 6.07) is 0. The zero-order valence-corrected chi connectivity index (χ0v) is 49.2. The van der Waals surface area contributed by atoms with Crippen LogP contribution in [0.4, 0.5) is 0 Å². The average Bonchev–Trinajstić information content (AvgIpc) is 3.39. The Bertz CT molecular complexity index is 1340. The summed E-state index contributed by atoms with van der Waals surface area (Å²) in [4.78, 5) is 48.6. The van der Waals surface area contributed by atoms with Crippen LogP contribution in [-0.4, -0.2) is 66.5 Å². The highest BCUT2D eigenvalue weighted by molar-refractivity contribution is 7.47. The molecular formula is C62H117O11P. The quantitative estimate of drug-likeness (QED) is 0.0197. The van der Waals surface area contributed by atoms with E-state index in [0.29, 0.717) is 19.3 Å². The molecule has 0 rings (SSSR count). The highest BCUT2D eigenvalue weighted by Crippen LogP contribution is 2.43. The van der Waals surface area contributed by atoms with E-state index >= 15 is 0 Å². The number of aliphatic hydroxyl groups excluding tert-OH is 1. The van der Waals surface area contributed by atoms with Crippen molar-refractivity contribution < 1.29 is 52.2 Å². The topological polar surface area (TPSA) is 155 Å². The van der Waals surface area contributed by atoms with Crippen LogP contribution in [0.25, 0.3) is 0 Å². The Balaban J connectivity index is 4.68. The molecule has 0 amide bonds. The fourth-order valence-corrected chi connectivity index (χ4v) is 9.84. The maximum atomic E-state index is 12.9. The number of hydrogen-bond acceptors (Lipinski definition) is 10. The van der Waals surface area contributed by atoms with Gasteiger partial charge in [-0.25, -0.2) is 4.57 Å². The Labute approximate surface area is 455 Å². The lowest BCUT2D eigenvalue weighted by atomic mass is 10.0. The van der Waals surface area contributed by atoms with E-state index in [1.807, 2.05) is 0 Å². The number of hydrogen-bond donors (Lipinski definition) is 2. The number of esters is 3. The van der Waals surface area contributed by atoms with Crippen LogP contribution in [-0.2, 0) is 42.2 Å². The van der Waals surface area contributed by atoms with E-state index in [4.69, 9.17) is 23.3 Å². The molecule has 0 aromatic heterocycles. The molecule has 0 aliphatic rings.